The monoisotopic (exact) mass is 342 g/mol. The zero-order valence-corrected chi connectivity index (χ0v) is 15.1. The van der Waals surface area contributed by atoms with Gasteiger partial charge in [0.15, 0.2) is 0 Å². The molecule has 2 aromatic rings. The molecule has 0 nitrogen and oxygen atoms in total. The molecule has 0 amide bonds. The Morgan fingerprint density at radius 3 is 1.80 bits per heavy atom. The molecular formula is C23H28F2. The molecular weight excluding hydrogens is 314 g/mol. The second-order valence-corrected chi connectivity index (χ2v) is 6.61. The van der Waals surface area contributed by atoms with E-state index >= 15 is 0 Å². The predicted octanol–water partition coefficient (Wildman–Crippen LogP) is 7.58. The van der Waals surface area contributed by atoms with Gasteiger partial charge < -0.3 is 0 Å². The van der Waals surface area contributed by atoms with Crippen molar-refractivity contribution in [2.45, 2.75) is 58.3 Å². The summed E-state index contributed by atoms with van der Waals surface area (Å²) in [5.41, 5.74) is 4.58. The van der Waals surface area contributed by atoms with Gasteiger partial charge in [-0.05, 0) is 47.6 Å². The molecule has 0 aliphatic carbocycles. The van der Waals surface area contributed by atoms with Gasteiger partial charge in [0, 0.05) is 0 Å². The zero-order valence-electron chi connectivity index (χ0n) is 15.1. The van der Waals surface area contributed by atoms with Crippen LogP contribution in [-0.4, -0.2) is 0 Å². The van der Waals surface area contributed by atoms with E-state index in [1.54, 1.807) is 0 Å². The first-order valence-corrected chi connectivity index (χ1v) is 9.38. The molecule has 0 aliphatic heterocycles. The Labute approximate surface area is 150 Å². The highest BCUT2D eigenvalue weighted by Crippen LogP contribution is 2.21. The highest BCUT2D eigenvalue weighted by Gasteiger charge is 2.00. The van der Waals surface area contributed by atoms with Crippen molar-refractivity contribution in [3.05, 3.63) is 71.8 Å². The molecule has 2 aromatic carbocycles. The number of unbranched alkanes of at least 4 members (excludes halogenated alkanes) is 5. The Kier molecular flexibility index (Phi) is 8.38. The number of hydrogen-bond acceptors (Lipinski definition) is 0. The number of hydrogen-bond donors (Lipinski definition) is 0. The number of rotatable bonds is 10. The van der Waals surface area contributed by atoms with Crippen LogP contribution in [-0.2, 0) is 12.8 Å². The molecule has 2 heteroatoms. The first-order chi connectivity index (χ1) is 12.2. The minimum Gasteiger partial charge on any atom is -0.174 e. The Bertz CT molecular complexity index is 635. The van der Waals surface area contributed by atoms with Crippen LogP contribution >= 0.6 is 0 Å². The van der Waals surface area contributed by atoms with Crippen LogP contribution in [0.15, 0.2) is 60.7 Å². The van der Waals surface area contributed by atoms with E-state index in [9.17, 15) is 8.78 Å². The summed E-state index contributed by atoms with van der Waals surface area (Å²) in [4.78, 5) is 0. The van der Waals surface area contributed by atoms with E-state index in [0.717, 1.165) is 23.6 Å². The van der Waals surface area contributed by atoms with Crippen molar-refractivity contribution in [2.24, 2.45) is 0 Å². The van der Waals surface area contributed by atoms with E-state index < -0.39 is 6.08 Å². The largest absolute Gasteiger partial charge is 0.266 e. The van der Waals surface area contributed by atoms with Crippen LogP contribution in [0.25, 0.3) is 11.1 Å². The van der Waals surface area contributed by atoms with Crippen molar-refractivity contribution in [1.82, 2.24) is 0 Å². The molecule has 0 spiro atoms. The minimum absolute atomic E-state index is 0.278. The van der Waals surface area contributed by atoms with Gasteiger partial charge in [0.05, 0.1) is 0 Å². The molecule has 0 aliphatic rings. The van der Waals surface area contributed by atoms with Gasteiger partial charge in [0.1, 0.15) is 0 Å². The Morgan fingerprint density at radius 1 is 0.720 bits per heavy atom. The minimum atomic E-state index is -1.62. The quantitative estimate of drug-likeness (QED) is 0.390. The molecule has 0 N–H and O–H groups in total. The lowest BCUT2D eigenvalue weighted by atomic mass is 9.99. The van der Waals surface area contributed by atoms with Crippen LogP contribution in [0.5, 0.6) is 0 Å². The summed E-state index contributed by atoms with van der Waals surface area (Å²) in [6, 6.07) is 16.6. The van der Waals surface area contributed by atoms with Crippen LogP contribution in [0.2, 0.25) is 0 Å². The molecule has 0 saturated heterocycles. The Morgan fingerprint density at radius 2 is 1.24 bits per heavy atom. The number of allylic oxidation sites excluding steroid dienone is 1. The summed E-state index contributed by atoms with van der Waals surface area (Å²) in [5, 5.41) is 0. The molecule has 0 heterocycles. The van der Waals surface area contributed by atoms with Gasteiger partial charge >= 0.3 is 0 Å². The van der Waals surface area contributed by atoms with E-state index in [0.29, 0.717) is 0 Å². The maximum absolute atomic E-state index is 12.1. The van der Waals surface area contributed by atoms with Crippen LogP contribution in [0.3, 0.4) is 0 Å². The van der Waals surface area contributed by atoms with E-state index in [2.05, 4.69) is 31.2 Å². The van der Waals surface area contributed by atoms with Crippen molar-refractivity contribution >= 4 is 0 Å². The summed E-state index contributed by atoms with van der Waals surface area (Å²) >= 11 is 0. The number of halogens is 2. The average molecular weight is 342 g/mol. The fourth-order valence-electron chi connectivity index (χ4n) is 3.00. The summed E-state index contributed by atoms with van der Waals surface area (Å²) in [7, 11) is 0. The molecule has 0 fully saturated rings. The summed E-state index contributed by atoms with van der Waals surface area (Å²) in [6.07, 6.45) is 8.69. The van der Waals surface area contributed by atoms with Crippen LogP contribution in [0, 0.1) is 0 Å². The number of aryl methyl sites for hydroxylation is 1. The van der Waals surface area contributed by atoms with Crippen molar-refractivity contribution in [3.8, 4) is 11.1 Å². The normalized spacial score (nSPS) is 10.7. The lowest BCUT2D eigenvalue weighted by Crippen LogP contribution is -1.87. The molecule has 0 unspecified atom stereocenters. The standard InChI is InChI=1S/C23H28F2/c1-2-3-4-5-6-7-8-19-9-14-21(15-10-19)22-16-11-20(12-17-22)13-18-23(24)25/h9-12,14-18H,2-8,13H2,1H3. The highest BCUT2D eigenvalue weighted by atomic mass is 19.3. The lowest BCUT2D eigenvalue weighted by molar-refractivity contribution is 0.418. The molecule has 0 atom stereocenters. The van der Waals surface area contributed by atoms with Gasteiger partial charge in [0.2, 0.25) is 0 Å². The van der Waals surface area contributed by atoms with E-state index in [1.807, 2.05) is 24.3 Å². The SMILES string of the molecule is CCCCCCCCc1ccc(-c2ccc(CC=C(F)F)cc2)cc1. The fourth-order valence-corrected chi connectivity index (χ4v) is 3.00. The molecule has 2 rings (SSSR count). The smallest absolute Gasteiger partial charge is 0.174 e. The van der Waals surface area contributed by atoms with Crippen LogP contribution < -0.4 is 0 Å². The third-order valence-electron chi connectivity index (χ3n) is 4.55. The van der Waals surface area contributed by atoms with E-state index in [4.69, 9.17) is 0 Å². The van der Waals surface area contributed by atoms with Gasteiger partial charge in [0.25, 0.3) is 6.08 Å². The fraction of sp³-hybridized carbons (Fsp3) is 0.391. The van der Waals surface area contributed by atoms with Gasteiger partial charge in [-0.1, -0.05) is 87.6 Å². The average Bonchev–Trinajstić information content (AvgIpc) is 2.64. The molecule has 25 heavy (non-hydrogen) atoms. The third kappa shape index (κ3) is 7.21. The van der Waals surface area contributed by atoms with Gasteiger partial charge in [-0.15, -0.1) is 0 Å². The van der Waals surface area contributed by atoms with Gasteiger partial charge in [-0.2, -0.15) is 8.78 Å². The second-order valence-electron chi connectivity index (χ2n) is 6.61. The van der Waals surface area contributed by atoms with E-state index in [1.165, 1.54) is 49.7 Å². The summed E-state index contributed by atoms with van der Waals surface area (Å²) in [5.74, 6) is 0. The summed E-state index contributed by atoms with van der Waals surface area (Å²) in [6.45, 7) is 2.25. The first kappa shape index (κ1) is 19.4. The predicted molar refractivity (Wildman–Crippen MR) is 103 cm³/mol. The van der Waals surface area contributed by atoms with Crippen molar-refractivity contribution in [3.63, 3.8) is 0 Å². The van der Waals surface area contributed by atoms with Gasteiger partial charge in [-0.25, -0.2) is 0 Å². The van der Waals surface area contributed by atoms with Crippen molar-refractivity contribution in [2.75, 3.05) is 0 Å². The number of benzene rings is 2. The van der Waals surface area contributed by atoms with Crippen molar-refractivity contribution in [1.29, 1.82) is 0 Å². The highest BCUT2D eigenvalue weighted by molar-refractivity contribution is 5.64. The first-order valence-electron chi connectivity index (χ1n) is 9.38. The Balaban J connectivity index is 1.84. The van der Waals surface area contributed by atoms with Crippen LogP contribution in [0.1, 0.15) is 56.6 Å². The second kappa shape index (κ2) is 10.8. The third-order valence-corrected chi connectivity index (χ3v) is 4.55. The molecule has 0 bridgehead atoms. The Hall–Kier alpha value is -1.96. The van der Waals surface area contributed by atoms with Gasteiger partial charge in [-0.3, -0.25) is 0 Å². The molecule has 0 radical (unpaired) electrons. The topological polar surface area (TPSA) is 0 Å². The van der Waals surface area contributed by atoms with Crippen molar-refractivity contribution < 1.29 is 8.78 Å². The molecule has 0 saturated carbocycles. The molecule has 134 valence electrons. The maximum atomic E-state index is 12.1. The maximum Gasteiger partial charge on any atom is 0.266 e. The van der Waals surface area contributed by atoms with Crippen LogP contribution in [0.4, 0.5) is 8.78 Å². The zero-order chi connectivity index (χ0) is 17.9. The summed E-state index contributed by atoms with van der Waals surface area (Å²) < 4.78 is 24.3. The molecule has 0 aromatic heterocycles. The lowest BCUT2D eigenvalue weighted by Gasteiger charge is -2.06. The van der Waals surface area contributed by atoms with E-state index in [-0.39, 0.29) is 6.42 Å².